The van der Waals surface area contributed by atoms with Crippen LogP contribution in [0, 0.1) is 11.8 Å². The monoisotopic (exact) mass is 454 g/mol. The molecule has 162 valence electrons. The van der Waals surface area contributed by atoms with E-state index in [4.69, 9.17) is 9.47 Å². The second kappa shape index (κ2) is 8.77. The van der Waals surface area contributed by atoms with Gasteiger partial charge in [-0.1, -0.05) is 42.2 Å². The van der Waals surface area contributed by atoms with E-state index < -0.39 is 5.91 Å². The van der Waals surface area contributed by atoms with E-state index in [0.29, 0.717) is 22.8 Å². The Morgan fingerprint density at radius 2 is 1.73 bits per heavy atom. The normalized spacial score (nSPS) is 15.2. The van der Waals surface area contributed by atoms with Crippen molar-refractivity contribution in [2.45, 2.75) is 0 Å². The van der Waals surface area contributed by atoms with E-state index in [0.717, 1.165) is 40.2 Å². The van der Waals surface area contributed by atoms with E-state index in [2.05, 4.69) is 22.1 Å². The van der Waals surface area contributed by atoms with Gasteiger partial charge >= 0.3 is 0 Å². The molecule has 2 aliphatic rings. The zero-order valence-corrected chi connectivity index (χ0v) is 18.4. The second-order valence-electron chi connectivity index (χ2n) is 7.24. The Hall–Kier alpha value is -4.15. The molecule has 1 N–H and O–H groups in total. The molecule has 0 saturated carbocycles. The summed E-state index contributed by atoms with van der Waals surface area (Å²) in [5.41, 5.74) is 3.35. The maximum atomic E-state index is 11.9. The van der Waals surface area contributed by atoms with E-state index >= 15 is 0 Å². The third-order valence-electron chi connectivity index (χ3n) is 5.16. The van der Waals surface area contributed by atoms with Crippen LogP contribution >= 0.6 is 11.8 Å². The zero-order chi connectivity index (χ0) is 22.8. The lowest BCUT2D eigenvalue weighted by Crippen LogP contribution is -2.21. The summed E-state index contributed by atoms with van der Waals surface area (Å²) in [5, 5.41) is 1.89. The number of para-hydroxylation sites is 4. The molecule has 33 heavy (non-hydrogen) atoms. The average Bonchev–Trinajstić information content (AvgIpc) is 3.15. The molecule has 1 saturated heterocycles. The van der Waals surface area contributed by atoms with Gasteiger partial charge in [0.1, 0.15) is 5.75 Å². The van der Waals surface area contributed by atoms with Gasteiger partial charge in [0, 0.05) is 0 Å². The summed E-state index contributed by atoms with van der Waals surface area (Å²) >= 11 is 0.884. The van der Waals surface area contributed by atoms with Gasteiger partial charge in [0.15, 0.2) is 11.5 Å². The van der Waals surface area contributed by atoms with Crippen molar-refractivity contribution in [2.75, 3.05) is 18.6 Å². The summed E-state index contributed by atoms with van der Waals surface area (Å²) in [6, 6.07) is 21.2. The molecule has 0 bridgehead atoms. The fourth-order valence-corrected chi connectivity index (χ4v) is 4.33. The van der Waals surface area contributed by atoms with Crippen molar-refractivity contribution in [3.05, 3.63) is 82.8 Å². The highest BCUT2D eigenvalue weighted by molar-refractivity contribution is 8.18. The van der Waals surface area contributed by atoms with Gasteiger partial charge in [-0.2, -0.15) is 0 Å². The fourth-order valence-electron chi connectivity index (χ4n) is 3.65. The Morgan fingerprint density at radius 1 is 1.03 bits per heavy atom. The Bertz CT molecular complexity index is 1320. The number of nitrogens with zero attached hydrogens (tertiary/aromatic N) is 1. The third-order valence-corrected chi connectivity index (χ3v) is 5.97. The van der Waals surface area contributed by atoms with Gasteiger partial charge in [0.05, 0.1) is 35.5 Å². The summed E-state index contributed by atoms with van der Waals surface area (Å²) in [6.45, 7) is 0.443. The highest BCUT2D eigenvalue weighted by Gasteiger charge is 2.25. The first-order valence-electron chi connectivity index (χ1n) is 10.2. The maximum Gasteiger partial charge on any atom is 0.290 e. The van der Waals surface area contributed by atoms with Crippen molar-refractivity contribution in [1.29, 1.82) is 0 Å². The Morgan fingerprint density at radius 3 is 2.36 bits per heavy atom. The molecule has 3 aromatic rings. The minimum atomic E-state index is -0.391. The zero-order valence-electron chi connectivity index (χ0n) is 17.6. The molecule has 2 aliphatic heterocycles. The number of carbonyl (C=O) groups is 2. The van der Waals surface area contributed by atoms with Crippen LogP contribution in [0.25, 0.3) is 6.08 Å². The summed E-state index contributed by atoms with van der Waals surface area (Å²) in [5.74, 6) is 8.25. The van der Waals surface area contributed by atoms with Crippen molar-refractivity contribution in [1.82, 2.24) is 5.32 Å². The van der Waals surface area contributed by atoms with Crippen LogP contribution in [0.3, 0.4) is 0 Å². The average molecular weight is 455 g/mol. The van der Waals surface area contributed by atoms with E-state index in [1.807, 2.05) is 60.7 Å². The molecule has 1 fully saturated rings. The van der Waals surface area contributed by atoms with E-state index in [1.165, 1.54) is 0 Å². The number of fused-ring (bicyclic) bond motifs is 2. The number of imide groups is 1. The van der Waals surface area contributed by atoms with Crippen LogP contribution in [0.4, 0.5) is 16.2 Å². The highest BCUT2D eigenvalue weighted by atomic mass is 32.2. The van der Waals surface area contributed by atoms with Gasteiger partial charge in [-0.15, -0.1) is 0 Å². The van der Waals surface area contributed by atoms with Crippen LogP contribution in [-0.4, -0.2) is 24.8 Å². The van der Waals surface area contributed by atoms with Crippen LogP contribution in [0.1, 0.15) is 11.1 Å². The summed E-state index contributed by atoms with van der Waals surface area (Å²) in [6.07, 6.45) is 1.67. The Balaban J connectivity index is 1.46. The lowest BCUT2D eigenvalue weighted by Gasteiger charge is -2.31. The third kappa shape index (κ3) is 4.16. The number of hydrogen-bond acceptors (Lipinski definition) is 6. The van der Waals surface area contributed by atoms with Gasteiger partial charge in [0.25, 0.3) is 11.1 Å². The number of carbonyl (C=O) groups excluding carboxylic acids is 2. The van der Waals surface area contributed by atoms with Crippen molar-refractivity contribution in [3.63, 3.8) is 0 Å². The fraction of sp³-hybridized carbons (Fsp3) is 0.0769. The predicted octanol–water partition coefficient (Wildman–Crippen LogP) is 5.31. The van der Waals surface area contributed by atoms with Crippen molar-refractivity contribution in [3.8, 4) is 29.1 Å². The minimum Gasteiger partial charge on any atom is -0.495 e. The summed E-state index contributed by atoms with van der Waals surface area (Å²) < 4.78 is 11.5. The lowest BCUT2D eigenvalue weighted by molar-refractivity contribution is -0.115. The number of methoxy groups -OCH3 is 1. The van der Waals surface area contributed by atoms with Gasteiger partial charge in [0.2, 0.25) is 0 Å². The van der Waals surface area contributed by atoms with Crippen molar-refractivity contribution < 1.29 is 19.1 Å². The number of hydrogen-bond donors (Lipinski definition) is 1. The van der Waals surface area contributed by atoms with Crippen LogP contribution in [0.2, 0.25) is 0 Å². The van der Waals surface area contributed by atoms with E-state index in [9.17, 15) is 9.59 Å². The van der Waals surface area contributed by atoms with Gasteiger partial charge in [-0.25, -0.2) is 0 Å². The largest absolute Gasteiger partial charge is 0.495 e. The maximum absolute atomic E-state index is 11.9. The molecule has 6 nitrogen and oxygen atoms in total. The first kappa shape index (κ1) is 20.7. The minimum absolute atomic E-state index is 0.352. The number of thioether (sulfide) groups is 1. The van der Waals surface area contributed by atoms with Crippen LogP contribution in [0.5, 0.6) is 17.2 Å². The van der Waals surface area contributed by atoms with E-state index in [-0.39, 0.29) is 5.24 Å². The van der Waals surface area contributed by atoms with Crippen molar-refractivity contribution in [2.24, 2.45) is 0 Å². The molecular formula is C26H18N2O4S. The molecule has 0 radical (unpaired) electrons. The predicted molar refractivity (Wildman–Crippen MR) is 129 cm³/mol. The molecular weight excluding hydrogens is 436 g/mol. The Labute approximate surface area is 195 Å². The first-order chi connectivity index (χ1) is 16.1. The molecule has 7 heteroatoms. The first-order valence-corrected chi connectivity index (χ1v) is 11.0. The molecule has 0 aromatic heterocycles. The number of amides is 2. The smallest absolute Gasteiger partial charge is 0.290 e. The molecule has 3 aromatic carbocycles. The number of ether oxygens (including phenoxy) is 2. The number of anilines is 2. The number of rotatable bonds is 3. The molecule has 2 amide bonds. The SMILES string of the molecule is COc1ccc(/C=C2/SC(=O)NC2=O)cc1C#CCN1c2ccccc2Oc2ccccc21. The standard InChI is InChI=1S/C26H18N2O4S/c1-31-21-13-12-17(16-24-25(29)27-26(30)33-24)15-18(21)7-6-14-28-19-8-2-4-10-22(19)32-23-11-5-3-9-20(23)28/h2-5,8-13,15-16H,14H2,1H3,(H,27,29,30)/b24-16+. The number of nitrogens with one attached hydrogen (secondary N) is 1. The lowest BCUT2D eigenvalue weighted by atomic mass is 10.1. The quantitative estimate of drug-likeness (QED) is 0.427. The molecule has 0 unspecified atom stereocenters. The van der Waals surface area contributed by atoms with Crippen LogP contribution < -0.4 is 19.7 Å². The van der Waals surface area contributed by atoms with Gasteiger partial charge < -0.3 is 14.4 Å². The molecule has 5 rings (SSSR count). The highest BCUT2D eigenvalue weighted by Crippen LogP contribution is 2.45. The van der Waals surface area contributed by atoms with E-state index in [1.54, 1.807) is 19.3 Å². The summed E-state index contributed by atoms with van der Waals surface area (Å²) in [7, 11) is 1.59. The molecule has 0 spiro atoms. The van der Waals surface area contributed by atoms with Gasteiger partial charge in [-0.05, 0) is 59.8 Å². The number of benzene rings is 3. The molecule has 0 atom stereocenters. The van der Waals surface area contributed by atoms with Crippen molar-refractivity contribution >= 4 is 40.4 Å². The second-order valence-corrected chi connectivity index (χ2v) is 8.25. The summed E-state index contributed by atoms with van der Waals surface area (Å²) in [4.78, 5) is 25.7. The molecule has 2 heterocycles. The van der Waals surface area contributed by atoms with Crippen LogP contribution in [-0.2, 0) is 4.79 Å². The van der Waals surface area contributed by atoms with Crippen LogP contribution in [0.15, 0.2) is 71.6 Å². The van der Waals surface area contributed by atoms with Gasteiger partial charge in [-0.3, -0.25) is 14.9 Å². The molecule has 0 aliphatic carbocycles. The Kier molecular flexibility index (Phi) is 5.51. The topological polar surface area (TPSA) is 67.9 Å².